The molecule has 102 valence electrons. The zero-order chi connectivity index (χ0) is 14.0. The first-order valence-corrected chi connectivity index (χ1v) is 6.75. The average Bonchev–Trinajstić information content (AvgIpc) is 2.95. The van der Waals surface area contributed by atoms with Crippen molar-refractivity contribution in [2.24, 2.45) is 7.05 Å². The normalized spacial score (nSPS) is 11.6. The third kappa shape index (κ3) is 2.83. The first-order chi connectivity index (χ1) is 8.90. The van der Waals surface area contributed by atoms with Crippen LogP contribution in [0.5, 0.6) is 0 Å². The van der Waals surface area contributed by atoms with Gasteiger partial charge in [0.2, 0.25) is 10.0 Å². The third-order valence-electron chi connectivity index (χ3n) is 2.52. The zero-order valence-electron chi connectivity index (χ0n) is 9.99. The highest BCUT2D eigenvalue weighted by Gasteiger charge is 2.20. The van der Waals surface area contributed by atoms with Crippen molar-refractivity contribution >= 4 is 16.0 Å². The average molecular weight is 284 g/mol. The van der Waals surface area contributed by atoms with E-state index in [9.17, 15) is 13.2 Å². The molecular formula is C10H12N4O4S. The molecular weight excluding hydrogens is 272 g/mol. The summed E-state index contributed by atoms with van der Waals surface area (Å²) in [6.45, 7) is 0.0552. The lowest BCUT2D eigenvalue weighted by Crippen LogP contribution is -2.23. The third-order valence-corrected chi connectivity index (χ3v) is 3.89. The Morgan fingerprint density at radius 3 is 2.84 bits per heavy atom. The molecule has 0 saturated heterocycles. The number of aryl methyl sites for hydroxylation is 1. The number of aromatic nitrogens is 3. The lowest BCUT2D eigenvalue weighted by molar-refractivity contribution is 0.0686. The largest absolute Gasteiger partial charge is 0.477 e. The molecule has 2 rings (SSSR count). The van der Waals surface area contributed by atoms with E-state index in [1.165, 1.54) is 30.3 Å². The Kier molecular flexibility index (Phi) is 3.40. The van der Waals surface area contributed by atoms with Crippen molar-refractivity contribution in [3.63, 3.8) is 0 Å². The first kappa shape index (κ1) is 13.3. The number of H-pyrrole nitrogens is 1. The molecule has 8 nitrogen and oxygen atoms in total. The van der Waals surface area contributed by atoms with Crippen LogP contribution in [0.25, 0.3) is 0 Å². The molecule has 0 aromatic carbocycles. The van der Waals surface area contributed by atoms with E-state index < -0.39 is 16.0 Å². The van der Waals surface area contributed by atoms with Crippen LogP contribution in [0.2, 0.25) is 0 Å². The minimum Gasteiger partial charge on any atom is -0.477 e. The second-order valence-electron chi connectivity index (χ2n) is 3.88. The van der Waals surface area contributed by atoms with Gasteiger partial charge in [-0.15, -0.1) is 0 Å². The van der Waals surface area contributed by atoms with Crippen LogP contribution in [-0.2, 0) is 23.6 Å². The monoisotopic (exact) mass is 284 g/mol. The van der Waals surface area contributed by atoms with Crippen molar-refractivity contribution in [2.75, 3.05) is 0 Å². The van der Waals surface area contributed by atoms with Crippen LogP contribution in [0.1, 0.15) is 16.2 Å². The van der Waals surface area contributed by atoms with Gasteiger partial charge in [0.05, 0.1) is 12.9 Å². The van der Waals surface area contributed by atoms with Gasteiger partial charge in [-0.1, -0.05) is 0 Å². The van der Waals surface area contributed by atoms with Crippen LogP contribution >= 0.6 is 0 Å². The summed E-state index contributed by atoms with van der Waals surface area (Å²) in [4.78, 5) is 17.3. The number of carbonyl (C=O) groups is 1. The van der Waals surface area contributed by atoms with E-state index in [0.29, 0.717) is 5.69 Å². The summed E-state index contributed by atoms with van der Waals surface area (Å²) < 4.78 is 27.5. The van der Waals surface area contributed by atoms with Crippen LogP contribution in [0, 0.1) is 0 Å². The minimum atomic E-state index is -3.75. The molecule has 0 aliphatic heterocycles. The number of hydrogen-bond donors (Lipinski definition) is 3. The van der Waals surface area contributed by atoms with Gasteiger partial charge in [-0.25, -0.2) is 22.9 Å². The fourth-order valence-corrected chi connectivity index (χ4v) is 2.61. The predicted octanol–water partition coefficient (Wildman–Crippen LogP) is -0.0751. The molecule has 0 aliphatic carbocycles. The molecule has 0 amide bonds. The fraction of sp³-hybridized carbons (Fsp3) is 0.200. The Hall–Kier alpha value is -2.13. The van der Waals surface area contributed by atoms with Crippen molar-refractivity contribution in [3.05, 3.63) is 36.2 Å². The minimum absolute atomic E-state index is 0.0552. The molecule has 0 aliphatic rings. The number of carboxylic acid groups (broad SMARTS) is 1. The summed E-state index contributed by atoms with van der Waals surface area (Å²) in [6.07, 6.45) is 4.18. The summed E-state index contributed by atoms with van der Waals surface area (Å²) in [6, 6.07) is 1.11. The number of hydrogen-bond acceptors (Lipinski definition) is 4. The molecule has 2 heterocycles. The molecule has 0 unspecified atom stereocenters. The fourth-order valence-electron chi connectivity index (χ4n) is 1.53. The van der Waals surface area contributed by atoms with E-state index in [4.69, 9.17) is 5.11 Å². The van der Waals surface area contributed by atoms with Crippen molar-refractivity contribution < 1.29 is 18.3 Å². The Morgan fingerprint density at radius 1 is 1.58 bits per heavy atom. The zero-order valence-corrected chi connectivity index (χ0v) is 10.8. The van der Waals surface area contributed by atoms with Gasteiger partial charge in [0, 0.05) is 25.1 Å². The molecule has 0 atom stereocenters. The van der Waals surface area contributed by atoms with Crippen LogP contribution in [0.15, 0.2) is 29.7 Å². The molecule has 0 radical (unpaired) electrons. The maximum absolute atomic E-state index is 12.0. The van der Waals surface area contributed by atoms with Crippen molar-refractivity contribution in [2.45, 2.75) is 11.4 Å². The molecule has 3 N–H and O–H groups in total. The number of aromatic carboxylic acids is 1. The van der Waals surface area contributed by atoms with Gasteiger partial charge in [-0.3, -0.25) is 0 Å². The molecule has 0 spiro atoms. The smallest absolute Gasteiger partial charge is 0.352 e. The maximum Gasteiger partial charge on any atom is 0.352 e. The molecule has 0 bridgehead atoms. The summed E-state index contributed by atoms with van der Waals surface area (Å²) >= 11 is 0. The predicted molar refractivity (Wildman–Crippen MR) is 65.0 cm³/mol. The summed E-state index contributed by atoms with van der Waals surface area (Å²) in [7, 11) is -2.28. The van der Waals surface area contributed by atoms with Gasteiger partial charge in [0.15, 0.2) is 0 Å². The number of aromatic amines is 1. The number of rotatable bonds is 5. The Balaban J connectivity index is 2.20. The highest BCUT2D eigenvalue weighted by molar-refractivity contribution is 7.89. The topological polar surface area (TPSA) is 117 Å². The Morgan fingerprint density at radius 2 is 2.32 bits per heavy atom. The van der Waals surface area contributed by atoms with Crippen molar-refractivity contribution in [1.29, 1.82) is 0 Å². The highest BCUT2D eigenvalue weighted by Crippen LogP contribution is 2.13. The van der Waals surface area contributed by atoms with E-state index in [1.807, 2.05) is 0 Å². The molecule has 19 heavy (non-hydrogen) atoms. The first-order valence-electron chi connectivity index (χ1n) is 5.27. The maximum atomic E-state index is 12.0. The van der Waals surface area contributed by atoms with E-state index in [1.54, 1.807) is 0 Å². The SMILES string of the molecule is Cn1cc(S(=O)(=O)NCc2cnc[nH]2)cc1C(=O)O. The molecule has 2 aromatic rings. The number of sulfonamides is 1. The van der Waals surface area contributed by atoms with Crippen molar-refractivity contribution in [3.8, 4) is 0 Å². The lowest BCUT2D eigenvalue weighted by atomic mass is 10.4. The summed E-state index contributed by atoms with van der Waals surface area (Å²) in [5.74, 6) is -1.18. The second kappa shape index (κ2) is 4.86. The Labute approximate surface area is 109 Å². The van der Waals surface area contributed by atoms with Gasteiger partial charge in [0.25, 0.3) is 0 Å². The second-order valence-corrected chi connectivity index (χ2v) is 5.65. The Bertz CT molecular complexity index is 687. The number of nitrogens with one attached hydrogen (secondary N) is 2. The van der Waals surface area contributed by atoms with E-state index in [-0.39, 0.29) is 17.1 Å². The van der Waals surface area contributed by atoms with E-state index in [0.717, 1.165) is 6.07 Å². The van der Waals surface area contributed by atoms with Gasteiger partial charge < -0.3 is 14.7 Å². The van der Waals surface area contributed by atoms with Gasteiger partial charge in [-0.05, 0) is 6.07 Å². The van der Waals surface area contributed by atoms with Crippen LogP contribution < -0.4 is 4.72 Å². The summed E-state index contributed by atoms with van der Waals surface area (Å²) in [5.41, 5.74) is 0.514. The van der Waals surface area contributed by atoms with Crippen molar-refractivity contribution in [1.82, 2.24) is 19.3 Å². The quantitative estimate of drug-likeness (QED) is 0.710. The van der Waals surface area contributed by atoms with Crippen LogP contribution in [-0.4, -0.2) is 34.0 Å². The van der Waals surface area contributed by atoms with Gasteiger partial charge in [0.1, 0.15) is 10.6 Å². The highest BCUT2D eigenvalue weighted by atomic mass is 32.2. The molecule has 0 saturated carbocycles. The lowest BCUT2D eigenvalue weighted by Gasteiger charge is -2.02. The summed E-state index contributed by atoms with van der Waals surface area (Å²) in [5, 5.41) is 8.88. The molecule has 9 heteroatoms. The standard InChI is InChI=1S/C10H12N4O4S/c1-14-5-8(2-9(14)10(15)16)19(17,18)13-4-7-3-11-6-12-7/h2-3,5-6,13H,4H2,1H3,(H,11,12)(H,15,16). The van der Waals surface area contributed by atoms with Gasteiger partial charge >= 0.3 is 5.97 Å². The van der Waals surface area contributed by atoms with E-state index >= 15 is 0 Å². The van der Waals surface area contributed by atoms with Crippen LogP contribution in [0.4, 0.5) is 0 Å². The van der Waals surface area contributed by atoms with Crippen LogP contribution in [0.3, 0.4) is 0 Å². The number of carboxylic acids is 1. The number of imidazole rings is 1. The van der Waals surface area contributed by atoms with E-state index in [2.05, 4.69) is 14.7 Å². The number of nitrogens with zero attached hydrogens (tertiary/aromatic N) is 2. The molecule has 2 aromatic heterocycles. The molecule has 0 fully saturated rings. The van der Waals surface area contributed by atoms with Gasteiger partial charge in [-0.2, -0.15) is 0 Å².